The summed E-state index contributed by atoms with van der Waals surface area (Å²) in [5, 5.41) is 73.9. The van der Waals surface area contributed by atoms with Crippen molar-refractivity contribution < 1.29 is 84.1 Å². The number of carboxylic acids is 1. The summed E-state index contributed by atoms with van der Waals surface area (Å²) in [7, 11) is 2.60. The van der Waals surface area contributed by atoms with E-state index < -0.39 is 41.4 Å². The van der Waals surface area contributed by atoms with Crippen molar-refractivity contribution >= 4 is 41.2 Å². The Bertz CT molecular complexity index is 1830. The first-order valence-electron chi connectivity index (χ1n) is 18.5. The molecule has 0 aliphatic carbocycles. The van der Waals surface area contributed by atoms with E-state index in [1.165, 1.54) is 61.7 Å². The Balaban J connectivity index is 0.000000754. The number of rotatable bonds is 12. The predicted molar refractivity (Wildman–Crippen MR) is 225 cm³/mol. The van der Waals surface area contributed by atoms with Crippen LogP contribution in [-0.4, -0.2) is 142 Å². The number of hydrogen-bond donors (Lipinski definition) is 11. The fourth-order valence-corrected chi connectivity index (χ4v) is 4.25. The van der Waals surface area contributed by atoms with Crippen molar-refractivity contribution in [3.63, 3.8) is 0 Å². The van der Waals surface area contributed by atoms with Crippen LogP contribution < -0.4 is 11.5 Å². The first-order valence-corrected chi connectivity index (χ1v) is 18.5. The molecule has 0 unspecified atom stereocenters. The first kappa shape index (κ1) is 55.7. The van der Waals surface area contributed by atoms with Gasteiger partial charge < -0.3 is 71.6 Å². The van der Waals surface area contributed by atoms with Crippen molar-refractivity contribution in [3.05, 3.63) is 130 Å². The van der Waals surface area contributed by atoms with Crippen LogP contribution in [0.4, 0.5) is 11.4 Å². The zero-order valence-corrected chi connectivity index (χ0v) is 34.5. The summed E-state index contributed by atoms with van der Waals surface area (Å²) < 4.78 is 13.3. The quantitative estimate of drug-likeness (QED) is 0.0410. The third-order valence-electron chi connectivity index (χ3n) is 8.26. The number of nitrogen functional groups attached to an aromatic ring is 2. The monoisotopic (exact) mass is 872 g/mol. The fraction of sp³-hybridized carbons (Fsp3) is 0.326. The highest BCUT2D eigenvalue weighted by Gasteiger charge is 2.30. The van der Waals surface area contributed by atoms with Crippen LogP contribution in [0.1, 0.15) is 76.3 Å². The molecular weight excluding hydrogens is 816 g/mol. The highest BCUT2D eigenvalue weighted by atomic mass is 16.6. The maximum Gasteiger partial charge on any atom is 0.346 e. The van der Waals surface area contributed by atoms with E-state index in [2.05, 4.69) is 14.2 Å². The lowest BCUT2D eigenvalue weighted by Crippen LogP contribution is -2.32. The first-order chi connectivity index (χ1) is 29.5. The van der Waals surface area contributed by atoms with Gasteiger partial charge in [-0.05, 0) is 90.7 Å². The lowest BCUT2D eigenvalue weighted by atomic mass is 9.88. The van der Waals surface area contributed by atoms with Gasteiger partial charge in [0, 0.05) is 16.8 Å². The highest BCUT2D eigenvalue weighted by molar-refractivity contribution is 6.15. The van der Waals surface area contributed by atoms with Crippen molar-refractivity contribution in [1.82, 2.24) is 0 Å². The summed E-state index contributed by atoms with van der Waals surface area (Å²) in [5.41, 5.74) is 15.6. The molecule has 340 valence electrons. The predicted octanol–water partition coefficient (Wildman–Crippen LogP) is 1.06. The van der Waals surface area contributed by atoms with Gasteiger partial charge in [-0.15, -0.1) is 0 Å². The number of anilines is 2. The van der Waals surface area contributed by atoms with E-state index in [9.17, 15) is 24.0 Å². The number of methoxy groups -OCH3 is 2. The molecule has 0 bridgehead atoms. The van der Waals surface area contributed by atoms with Crippen molar-refractivity contribution in [2.75, 3.05) is 71.9 Å². The van der Waals surface area contributed by atoms with Gasteiger partial charge in [-0.25, -0.2) is 24.0 Å². The maximum atomic E-state index is 11.0. The number of nitrogens with two attached hydrogens (primary N) is 2. The average molecular weight is 873 g/mol. The molecule has 62 heavy (non-hydrogen) atoms. The zero-order valence-electron chi connectivity index (χ0n) is 34.5. The standard InChI is InChI=1S/C13H14N2.C10H10O4.C9H4O5.C6H14O3.C3H8O3.C2H6O2/c14-12-5-1-10(2-6-12)9-11-3-7-13(15)8-4-11;1-13-9(11)7-3-5-8(6-4-7)10(12)14-2;10-7(11)4-1-2-5-6(3-4)9(13)14-8(5)12;1-2-6(3-7,4-8)5-9;4-1-3(6)2-5;3-1-2-4/h1-8H,9,14-15H2;3-6H,1-2H3;1-3H,(H,10,11);7-9H,2-5H2,1H3;3-6H,1-2H2;3-4H,1-2H2. The van der Waals surface area contributed by atoms with E-state index in [0.717, 1.165) is 23.9 Å². The number of aromatic carboxylic acids is 1. The number of aliphatic hydroxyl groups is 8. The molecule has 0 saturated carbocycles. The van der Waals surface area contributed by atoms with Crippen LogP contribution in [0.5, 0.6) is 0 Å². The minimum Gasteiger partial charge on any atom is -0.478 e. The van der Waals surface area contributed by atoms with Crippen molar-refractivity contribution in [2.24, 2.45) is 5.41 Å². The summed E-state index contributed by atoms with van der Waals surface area (Å²) >= 11 is 0. The van der Waals surface area contributed by atoms with E-state index in [0.29, 0.717) is 17.5 Å². The van der Waals surface area contributed by atoms with Gasteiger partial charge in [0.1, 0.15) is 6.10 Å². The molecule has 5 rings (SSSR count). The second kappa shape index (κ2) is 30.7. The molecule has 4 aromatic carbocycles. The Hall–Kier alpha value is -6.29. The molecule has 1 aliphatic rings. The number of esters is 4. The highest BCUT2D eigenvalue weighted by Crippen LogP contribution is 2.21. The second-order valence-electron chi connectivity index (χ2n) is 12.8. The molecule has 0 saturated heterocycles. The van der Waals surface area contributed by atoms with Gasteiger partial charge in [0.05, 0.1) is 88.3 Å². The average Bonchev–Trinajstić information content (AvgIpc) is 3.60. The van der Waals surface area contributed by atoms with Crippen molar-refractivity contribution in [2.45, 2.75) is 25.9 Å². The number of carboxylic acid groups (broad SMARTS) is 1. The van der Waals surface area contributed by atoms with E-state index in [1.807, 2.05) is 55.5 Å². The molecule has 19 nitrogen and oxygen atoms in total. The van der Waals surface area contributed by atoms with Gasteiger partial charge in [-0.1, -0.05) is 31.2 Å². The van der Waals surface area contributed by atoms with Gasteiger partial charge in [-0.3, -0.25) is 0 Å². The molecule has 1 heterocycles. The van der Waals surface area contributed by atoms with Crippen LogP contribution in [-0.2, 0) is 20.6 Å². The summed E-state index contributed by atoms with van der Waals surface area (Å²) in [5.74, 6) is -3.54. The third kappa shape index (κ3) is 20.3. The van der Waals surface area contributed by atoms with Crippen LogP contribution in [0.25, 0.3) is 0 Å². The molecule has 1 aliphatic heterocycles. The normalized spacial score (nSPS) is 10.8. The van der Waals surface area contributed by atoms with Gasteiger partial charge >= 0.3 is 29.8 Å². The van der Waals surface area contributed by atoms with E-state index in [1.54, 1.807) is 0 Å². The molecular formula is C43H56N2O17. The van der Waals surface area contributed by atoms with Gasteiger partial charge in [0.2, 0.25) is 0 Å². The Labute approximate surface area is 358 Å². The van der Waals surface area contributed by atoms with Gasteiger partial charge in [-0.2, -0.15) is 0 Å². The van der Waals surface area contributed by atoms with E-state index in [-0.39, 0.29) is 62.9 Å². The fourth-order valence-electron chi connectivity index (χ4n) is 4.25. The number of fused-ring (bicyclic) bond motifs is 1. The lowest BCUT2D eigenvalue weighted by molar-refractivity contribution is 0.00302. The molecule has 0 fully saturated rings. The lowest BCUT2D eigenvalue weighted by Gasteiger charge is -2.24. The Morgan fingerprint density at radius 2 is 0.984 bits per heavy atom. The van der Waals surface area contributed by atoms with Crippen LogP contribution in [0.15, 0.2) is 91.0 Å². The number of carbonyl (C=O) groups is 5. The topological polar surface area (TPSA) is 347 Å². The summed E-state index contributed by atoms with van der Waals surface area (Å²) in [6, 6.07) is 25.6. The van der Waals surface area contributed by atoms with Crippen molar-refractivity contribution in [1.29, 1.82) is 0 Å². The molecule has 4 aromatic rings. The molecule has 0 atom stereocenters. The van der Waals surface area contributed by atoms with Crippen LogP contribution in [0, 0.1) is 5.41 Å². The number of benzene rings is 4. The summed E-state index contributed by atoms with van der Waals surface area (Å²) in [4.78, 5) is 54.6. The van der Waals surface area contributed by atoms with Crippen molar-refractivity contribution in [3.8, 4) is 0 Å². The molecule has 0 aromatic heterocycles. The van der Waals surface area contributed by atoms with Gasteiger partial charge in [0.25, 0.3) is 0 Å². The summed E-state index contributed by atoms with van der Waals surface area (Å²) in [6.07, 6.45) is 0.557. The number of ether oxygens (including phenoxy) is 3. The number of hydrogen-bond acceptors (Lipinski definition) is 18. The van der Waals surface area contributed by atoms with E-state index >= 15 is 0 Å². The van der Waals surface area contributed by atoms with Gasteiger partial charge in [0.15, 0.2) is 0 Å². The Kier molecular flexibility index (Phi) is 27.6. The zero-order chi connectivity index (χ0) is 47.3. The third-order valence-corrected chi connectivity index (χ3v) is 8.26. The van der Waals surface area contributed by atoms with Crippen LogP contribution in [0.2, 0.25) is 0 Å². The molecule has 0 radical (unpaired) electrons. The van der Waals surface area contributed by atoms with E-state index in [4.69, 9.17) is 57.4 Å². The summed E-state index contributed by atoms with van der Waals surface area (Å²) in [6.45, 7) is 0.374. The number of cyclic esters (lactones) is 2. The second-order valence-corrected chi connectivity index (χ2v) is 12.8. The molecule has 0 amide bonds. The van der Waals surface area contributed by atoms with Crippen LogP contribution >= 0.6 is 0 Å². The Morgan fingerprint density at radius 3 is 1.26 bits per heavy atom. The SMILES string of the molecule is CCC(CO)(CO)CO.COC(=O)c1ccc(C(=O)OC)cc1.Nc1ccc(Cc2ccc(N)cc2)cc1.O=C(O)c1ccc2c(c1)C(=O)OC2=O.OCC(O)CO.OCCO. The minimum absolute atomic E-state index is 0.00917. The number of carbonyl (C=O) groups excluding carboxylic acids is 4. The van der Waals surface area contributed by atoms with Crippen LogP contribution in [0.3, 0.4) is 0 Å². The Morgan fingerprint density at radius 1 is 0.613 bits per heavy atom. The smallest absolute Gasteiger partial charge is 0.346 e. The number of aliphatic hydroxyl groups excluding tert-OH is 8. The minimum atomic E-state index is -1.15. The molecule has 19 heteroatoms. The molecule has 13 N–H and O–H groups in total. The maximum absolute atomic E-state index is 11.0. The largest absolute Gasteiger partial charge is 0.478 e. The molecule has 0 spiro atoms.